The fourth-order valence-corrected chi connectivity index (χ4v) is 6.02. The van der Waals surface area contributed by atoms with E-state index in [-0.39, 0.29) is 5.91 Å². The van der Waals surface area contributed by atoms with Crippen LogP contribution in [0.3, 0.4) is 0 Å². The number of nitrogens with one attached hydrogen (secondary N) is 2. The number of benzene rings is 2. The minimum Gasteiger partial charge on any atom is -0.386 e. The van der Waals surface area contributed by atoms with Crippen molar-refractivity contribution in [3.05, 3.63) is 65.5 Å². The third kappa shape index (κ3) is 4.65. The predicted octanol–water partition coefficient (Wildman–Crippen LogP) is 5.59. The Kier molecular flexibility index (Phi) is 6.06. The maximum atomic E-state index is 12.9. The van der Waals surface area contributed by atoms with E-state index in [1.807, 2.05) is 37.4 Å². The molecule has 158 valence electrons. The summed E-state index contributed by atoms with van der Waals surface area (Å²) < 4.78 is 0. The molecular weight excluding hydrogens is 410 g/mol. The summed E-state index contributed by atoms with van der Waals surface area (Å²) in [6.45, 7) is 2.21. The molecule has 1 aromatic heterocycles. The Labute approximate surface area is 184 Å². The molecule has 4 rings (SSSR count). The number of hydrogen-bond donors (Lipinski definition) is 2. The lowest BCUT2D eigenvalue weighted by atomic mass is 10.1. The maximum absolute atomic E-state index is 12.9. The van der Waals surface area contributed by atoms with Crippen molar-refractivity contribution in [2.24, 2.45) is 0 Å². The highest BCUT2D eigenvalue weighted by molar-refractivity contribution is 8.32. The molecule has 1 saturated heterocycles. The van der Waals surface area contributed by atoms with E-state index in [2.05, 4.69) is 57.7 Å². The zero-order valence-electron chi connectivity index (χ0n) is 17.8. The van der Waals surface area contributed by atoms with Crippen LogP contribution in [0, 0.1) is 0 Å². The molecule has 0 bridgehead atoms. The van der Waals surface area contributed by atoms with Crippen LogP contribution in [-0.2, 0) is 0 Å². The standard InChI is InChI=1S/C24H29N3OS2/c1-25-21-11-8-19(23-5-4-14-29-23)17-22(21)26-24(28)18-6-9-20(10-7-18)27-12-15-30(2,3)16-13-27/h4-11,14,17,25H,12-13,15-16H2,1-3H3,(H,26,28). The summed E-state index contributed by atoms with van der Waals surface area (Å²) in [6.07, 6.45) is 4.84. The molecule has 1 fully saturated rings. The van der Waals surface area contributed by atoms with Gasteiger partial charge < -0.3 is 15.5 Å². The van der Waals surface area contributed by atoms with Crippen molar-refractivity contribution in [2.45, 2.75) is 0 Å². The maximum Gasteiger partial charge on any atom is 0.255 e. The van der Waals surface area contributed by atoms with Crippen LogP contribution >= 0.6 is 21.4 Å². The third-order valence-electron chi connectivity index (χ3n) is 5.67. The van der Waals surface area contributed by atoms with E-state index in [1.54, 1.807) is 11.3 Å². The van der Waals surface area contributed by atoms with Gasteiger partial charge in [0.2, 0.25) is 0 Å². The number of rotatable bonds is 5. The molecule has 30 heavy (non-hydrogen) atoms. The molecule has 4 nitrogen and oxygen atoms in total. The fourth-order valence-electron chi connectivity index (χ4n) is 3.67. The van der Waals surface area contributed by atoms with Gasteiger partial charge in [-0.2, -0.15) is 0 Å². The van der Waals surface area contributed by atoms with Crippen molar-refractivity contribution >= 4 is 44.3 Å². The molecule has 2 heterocycles. The van der Waals surface area contributed by atoms with Gasteiger partial charge in [0.1, 0.15) is 0 Å². The molecule has 0 atom stereocenters. The van der Waals surface area contributed by atoms with Crippen molar-refractivity contribution < 1.29 is 4.79 Å². The Balaban J connectivity index is 1.48. The summed E-state index contributed by atoms with van der Waals surface area (Å²) in [6, 6.07) is 18.2. The molecular formula is C24H29N3OS2. The van der Waals surface area contributed by atoms with Crippen molar-refractivity contribution in [1.82, 2.24) is 0 Å². The molecule has 1 aliphatic rings. The van der Waals surface area contributed by atoms with Crippen molar-refractivity contribution in [2.75, 3.05) is 59.7 Å². The molecule has 2 N–H and O–H groups in total. The monoisotopic (exact) mass is 439 g/mol. The van der Waals surface area contributed by atoms with E-state index in [1.165, 1.54) is 22.1 Å². The average molecular weight is 440 g/mol. The van der Waals surface area contributed by atoms with Crippen LogP contribution in [0.1, 0.15) is 10.4 Å². The summed E-state index contributed by atoms with van der Waals surface area (Å²) in [5, 5.41) is 8.31. The van der Waals surface area contributed by atoms with Gasteiger partial charge in [0, 0.05) is 36.3 Å². The molecule has 0 saturated carbocycles. The minimum absolute atomic E-state index is 0.0920. The first-order chi connectivity index (χ1) is 14.4. The molecule has 6 heteroatoms. The van der Waals surface area contributed by atoms with Gasteiger partial charge in [0.05, 0.1) is 11.4 Å². The Morgan fingerprint density at radius 3 is 2.37 bits per heavy atom. The first-order valence-corrected chi connectivity index (χ1v) is 13.8. The number of thiophene rings is 1. The lowest BCUT2D eigenvalue weighted by Gasteiger charge is -2.42. The van der Waals surface area contributed by atoms with Gasteiger partial charge in [-0.15, -0.1) is 11.3 Å². The van der Waals surface area contributed by atoms with Crippen molar-refractivity contribution in [3.8, 4) is 10.4 Å². The topological polar surface area (TPSA) is 44.4 Å². The van der Waals surface area contributed by atoms with Gasteiger partial charge in [0.25, 0.3) is 5.91 Å². The van der Waals surface area contributed by atoms with Gasteiger partial charge in [-0.3, -0.25) is 4.79 Å². The smallest absolute Gasteiger partial charge is 0.255 e. The van der Waals surface area contributed by atoms with E-state index >= 15 is 0 Å². The van der Waals surface area contributed by atoms with E-state index in [9.17, 15) is 4.79 Å². The molecule has 0 unspecified atom stereocenters. The molecule has 3 aromatic rings. The average Bonchev–Trinajstić information content (AvgIpc) is 3.29. The Morgan fingerprint density at radius 2 is 1.73 bits per heavy atom. The van der Waals surface area contributed by atoms with Crippen LogP contribution in [0.25, 0.3) is 10.4 Å². The Morgan fingerprint density at radius 1 is 1.00 bits per heavy atom. The first kappa shape index (κ1) is 20.8. The second-order valence-electron chi connectivity index (χ2n) is 8.15. The summed E-state index contributed by atoms with van der Waals surface area (Å²) in [5.74, 6) is 2.47. The van der Waals surface area contributed by atoms with E-state index in [0.29, 0.717) is 5.56 Å². The SMILES string of the molecule is CNc1ccc(-c2cccs2)cc1NC(=O)c1ccc(N2CCS(C)(C)CC2)cc1. The highest BCUT2D eigenvalue weighted by Crippen LogP contribution is 2.42. The first-order valence-electron chi connectivity index (χ1n) is 10.2. The molecule has 1 amide bonds. The van der Waals surface area contributed by atoms with Crippen LogP contribution in [0.4, 0.5) is 17.1 Å². The molecule has 1 aliphatic heterocycles. The van der Waals surface area contributed by atoms with E-state index < -0.39 is 10.0 Å². The largest absolute Gasteiger partial charge is 0.386 e. The number of carbonyl (C=O) groups excluding carboxylic acids is 1. The molecule has 2 aromatic carbocycles. The van der Waals surface area contributed by atoms with Gasteiger partial charge >= 0.3 is 0 Å². The molecule has 0 aliphatic carbocycles. The highest BCUT2D eigenvalue weighted by Gasteiger charge is 2.21. The second-order valence-corrected chi connectivity index (χ2v) is 13.4. The van der Waals surface area contributed by atoms with Gasteiger partial charge in [-0.25, -0.2) is 10.0 Å². The fraction of sp³-hybridized carbons (Fsp3) is 0.292. The zero-order valence-corrected chi connectivity index (χ0v) is 19.4. The number of nitrogens with zero attached hydrogens (tertiary/aromatic N) is 1. The predicted molar refractivity (Wildman–Crippen MR) is 135 cm³/mol. The molecule has 0 radical (unpaired) electrons. The van der Waals surface area contributed by atoms with Crippen LogP contribution < -0.4 is 15.5 Å². The van der Waals surface area contributed by atoms with E-state index in [0.717, 1.165) is 30.0 Å². The summed E-state index contributed by atoms with van der Waals surface area (Å²) in [5.41, 5.74) is 4.67. The van der Waals surface area contributed by atoms with Gasteiger partial charge in [-0.05, 0) is 77.4 Å². The van der Waals surface area contributed by atoms with Crippen molar-refractivity contribution in [1.29, 1.82) is 0 Å². The van der Waals surface area contributed by atoms with E-state index in [4.69, 9.17) is 0 Å². The Hall–Kier alpha value is -2.44. The highest BCUT2D eigenvalue weighted by atomic mass is 32.3. The Bertz CT molecular complexity index is 1000. The number of anilines is 3. The summed E-state index contributed by atoms with van der Waals surface area (Å²) in [4.78, 5) is 16.5. The summed E-state index contributed by atoms with van der Waals surface area (Å²) >= 11 is 1.69. The summed E-state index contributed by atoms with van der Waals surface area (Å²) in [7, 11) is 1.45. The van der Waals surface area contributed by atoms with Crippen molar-refractivity contribution in [3.63, 3.8) is 0 Å². The normalized spacial score (nSPS) is 16.7. The number of hydrogen-bond acceptors (Lipinski definition) is 4. The second kappa shape index (κ2) is 8.74. The lowest BCUT2D eigenvalue weighted by Crippen LogP contribution is -2.37. The number of amides is 1. The van der Waals surface area contributed by atoms with Crippen LogP contribution in [0.15, 0.2) is 60.0 Å². The van der Waals surface area contributed by atoms with Gasteiger partial charge in [0.15, 0.2) is 0 Å². The lowest BCUT2D eigenvalue weighted by molar-refractivity contribution is 0.102. The van der Waals surface area contributed by atoms with Crippen LogP contribution in [0.2, 0.25) is 0 Å². The van der Waals surface area contributed by atoms with Gasteiger partial charge in [-0.1, -0.05) is 12.1 Å². The minimum atomic E-state index is -0.417. The van der Waals surface area contributed by atoms with Crippen LogP contribution in [-0.4, -0.2) is 50.1 Å². The third-order valence-corrected chi connectivity index (χ3v) is 9.16. The quantitative estimate of drug-likeness (QED) is 0.544. The zero-order chi connectivity index (χ0) is 21.1. The molecule has 0 spiro atoms. The van der Waals surface area contributed by atoms with Crippen LogP contribution in [0.5, 0.6) is 0 Å². The number of carbonyl (C=O) groups is 1.